The fraction of sp³-hybridized carbons (Fsp3) is 0.632. The minimum Gasteiger partial charge on any atom is -0.493 e. The maximum Gasteiger partial charge on any atom is 0.254 e. The van der Waals surface area contributed by atoms with Gasteiger partial charge in [0.05, 0.1) is 20.3 Å². The molecular formula is C19H27NO4. The van der Waals surface area contributed by atoms with Gasteiger partial charge in [-0.2, -0.15) is 0 Å². The second-order valence-electron chi connectivity index (χ2n) is 6.88. The summed E-state index contributed by atoms with van der Waals surface area (Å²) in [6.45, 7) is 1.60. The predicted molar refractivity (Wildman–Crippen MR) is 91.8 cm³/mol. The van der Waals surface area contributed by atoms with Crippen molar-refractivity contribution in [2.75, 3.05) is 34.4 Å². The minimum absolute atomic E-state index is 0.0665. The van der Waals surface area contributed by atoms with Gasteiger partial charge in [-0.05, 0) is 43.9 Å². The lowest BCUT2D eigenvalue weighted by molar-refractivity contribution is -0.0295. The van der Waals surface area contributed by atoms with E-state index in [0.717, 1.165) is 38.8 Å². The van der Waals surface area contributed by atoms with E-state index in [9.17, 15) is 4.79 Å². The molecule has 2 aliphatic rings. The van der Waals surface area contributed by atoms with Crippen LogP contribution < -0.4 is 9.47 Å². The van der Waals surface area contributed by atoms with E-state index in [-0.39, 0.29) is 17.4 Å². The van der Waals surface area contributed by atoms with Crippen LogP contribution >= 0.6 is 0 Å². The number of benzene rings is 1. The van der Waals surface area contributed by atoms with Crippen LogP contribution in [-0.4, -0.2) is 51.3 Å². The summed E-state index contributed by atoms with van der Waals surface area (Å²) in [6, 6.07) is 5.37. The van der Waals surface area contributed by atoms with E-state index >= 15 is 0 Å². The van der Waals surface area contributed by atoms with Crippen molar-refractivity contribution < 1.29 is 19.0 Å². The predicted octanol–water partition coefficient (Wildman–Crippen LogP) is 3.13. The molecule has 1 heterocycles. The first-order valence-electron chi connectivity index (χ1n) is 8.67. The highest BCUT2D eigenvalue weighted by Gasteiger charge is 2.46. The van der Waals surface area contributed by atoms with Crippen LogP contribution in [0.15, 0.2) is 18.2 Å². The standard InChI is InChI=1S/C19H27NO4/c1-22-15-8-7-14(12-16(15)23-2)18(21)20-11-5-10-19(13-20)9-4-6-17(19)24-3/h7-8,12,17H,4-6,9-11,13H2,1-3H3/t17-,19-/m1/s1. The fourth-order valence-corrected chi connectivity index (χ4v) is 4.43. The fourth-order valence-electron chi connectivity index (χ4n) is 4.43. The van der Waals surface area contributed by atoms with Gasteiger partial charge < -0.3 is 19.1 Å². The molecule has 1 spiro atoms. The van der Waals surface area contributed by atoms with Gasteiger partial charge in [-0.3, -0.25) is 4.79 Å². The molecule has 0 radical (unpaired) electrons. The summed E-state index contributed by atoms with van der Waals surface area (Å²) < 4.78 is 16.3. The van der Waals surface area contributed by atoms with Crippen molar-refractivity contribution >= 4 is 5.91 Å². The van der Waals surface area contributed by atoms with Gasteiger partial charge in [0.2, 0.25) is 0 Å². The SMILES string of the molecule is COc1ccc(C(=O)N2CCC[C@]3(CCC[C@H]3OC)C2)cc1OC. The lowest BCUT2D eigenvalue weighted by Crippen LogP contribution is -2.49. The first kappa shape index (κ1) is 17.1. The monoisotopic (exact) mass is 333 g/mol. The highest BCUT2D eigenvalue weighted by atomic mass is 16.5. The maximum absolute atomic E-state index is 13.0. The number of methoxy groups -OCH3 is 3. The van der Waals surface area contributed by atoms with Crippen LogP contribution in [-0.2, 0) is 4.74 Å². The van der Waals surface area contributed by atoms with Gasteiger partial charge in [0.1, 0.15) is 0 Å². The van der Waals surface area contributed by atoms with Crippen LogP contribution in [0.2, 0.25) is 0 Å². The number of nitrogens with zero attached hydrogens (tertiary/aromatic N) is 1. The van der Waals surface area contributed by atoms with Crippen molar-refractivity contribution in [2.45, 2.75) is 38.2 Å². The zero-order chi connectivity index (χ0) is 17.2. The largest absolute Gasteiger partial charge is 0.493 e. The number of hydrogen-bond donors (Lipinski definition) is 0. The number of rotatable bonds is 4. The Hall–Kier alpha value is -1.75. The third-order valence-electron chi connectivity index (χ3n) is 5.63. The third kappa shape index (κ3) is 2.97. The van der Waals surface area contributed by atoms with E-state index < -0.39 is 0 Å². The smallest absolute Gasteiger partial charge is 0.254 e. The molecule has 132 valence electrons. The Kier molecular flexibility index (Phi) is 4.99. The van der Waals surface area contributed by atoms with Gasteiger partial charge >= 0.3 is 0 Å². The average Bonchev–Trinajstić information content (AvgIpc) is 3.02. The normalized spacial score (nSPS) is 26.6. The van der Waals surface area contributed by atoms with Crippen molar-refractivity contribution in [2.24, 2.45) is 5.41 Å². The van der Waals surface area contributed by atoms with Crippen molar-refractivity contribution in [3.05, 3.63) is 23.8 Å². The van der Waals surface area contributed by atoms with Crippen molar-refractivity contribution in [1.29, 1.82) is 0 Å². The number of ether oxygens (including phenoxy) is 3. The van der Waals surface area contributed by atoms with E-state index in [1.54, 1.807) is 33.5 Å². The summed E-state index contributed by atoms with van der Waals surface area (Å²) >= 11 is 0. The number of hydrogen-bond acceptors (Lipinski definition) is 4. The van der Waals surface area contributed by atoms with Gasteiger partial charge in [0.25, 0.3) is 5.91 Å². The molecule has 1 aromatic rings. The van der Waals surface area contributed by atoms with Crippen LogP contribution in [0.25, 0.3) is 0 Å². The summed E-state index contributed by atoms with van der Waals surface area (Å²) in [7, 11) is 4.98. The molecule has 0 unspecified atom stereocenters. The minimum atomic E-state index is 0.0665. The molecule has 1 aromatic carbocycles. The molecule has 1 saturated heterocycles. The summed E-state index contributed by atoms with van der Waals surface area (Å²) in [4.78, 5) is 15.0. The van der Waals surface area contributed by atoms with Crippen LogP contribution in [0.1, 0.15) is 42.5 Å². The van der Waals surface area contributed by atoms with Crippen molar-refractivity contribution in [3.63, 3.8) is 0 Å². The third-order valence-corrected chi connectivity index (χ3v) is 5.63. The Morgan fingerprint density at radius 2 is 1.88 bits per heavy atom. The number of carbonyl (C=O) groups excluding carboxylic acids is 1. The molecule has 5 nitrogen and oxygen atoms in total. The molecule has 1 aliphatic heterocycles. The second kappa shape index (κ2) is 7.01. The van der Waals surface area contributed by atoms with E-state index in [1.807, 2.05) is 11.0 Å². The molecule has 3 rings (SSSR count). The van der Waals surface area contributed by atoms with Gasteiger partial charge in [-0.15, -0.1) is 0 Å². The summed E-state index contributed by atoms with van der Waals surface area (Å²) in [5.41, 5.74) is 0.788. The van der Waals surface area contributed by atoms with Gasteiger partial charge in [0.15, 0.2) is 11.5 Å². The Morgan fingerprint density at radius 1 is 1.12 bits per heavy atom. The van der Waals surface area contributed by atoms with Crippen molar-refractivity contribution in [3.8, 4) is 11.5 Å². The first-order chi connectivity index (χ1) is 11.6. The van der Waals surface area contributed by atoms with Crippen LogP contribution in [0.4, 0.5) is 0 Å². The molecule has 1 aliphatic carbocycles. The quantitative estimate of drug-likeness (QED) is 0.849. The molecule has 1 saturated carbocycles. The molecule has 5 heteroatoms. The van der Waals surface area contributed by atoms with Crippen molar-refractivity contribution in [1.82, 2.24) is 4.90 Å². The van der Waals surface area contributed by atoms with Gasteiger partial charge in [0, 0.05) is 31.2 Å². The topological polar surface area (TPSA) is 48.0 Å². The van der Waals surface area contributed by atoms with Gasteiger partial charge in [-0.1, -0.05) is 6.42 Å². The number of likely N-dealkylation sites (tertiary alicyclic amines) is 1. The molecule has 1 amide bonds. The molecular weight excluding hydrogens is 306 g/mol. The van der Waals surface area contributed by atoms with E-state index in [0.29, 0.717) is 17.1 Å². The lowest BCUT2D eigenvalue weighted by atomic mass is 9.76. The molecule has 24 heavy (non-hydrogen) atoms. The number of carbonyl (C=O) groups is 1. The van der Waals surface area contributed by atoms with E-state index in [1.165, 1.54) is 6.42 Å². The molecule has 0 bridgehead atoms. The molecule has 0 N–H and O–H groups in total. The Labute approximate surface area is 143 Å². The molecule has 0 aromatic heterocycles. The van der Waals surface area contributed by atoms with Crippen LogP contribution in [0, 0.1) is 5.41 Å². The van der Waals surface area contributed by atoms with E-state index in [2.05, 4.69) is 0 Å². The summed E-state index contributed by atoms with van der Waals surface area (Å²) in [5, 5.41) is 0. The highest BCUT2D eigenvalue weighted by molar-refractivity contribution is 5.95. The zero-order valence-electron chi connectivity index (χ0n) is 14.8. The number of piperidine rings is 1. The lowest BCUT2D eigenvalue weighted by Gasteiger charge is -2.43. The Balaban J connectivity index is 1.80. The van der Waals surface area contributed by atoms with Gasteiger partial charge in [-0.25, -0.2) is 0 Å². The maximum atomic E-state index is 13.0. The molecule has 2 atom stereocenters. The summed E-state index contributed by atoms with van der Waals surface area (Å²) in [5.74, 6) is 1.29. The average molecular weight is 333 g/mol. The van der Waals surface area contributed by atoms with Crippen LogP contribution in [0.5, 0.6) is 11.5 Å². The van der Waals surface area contributed by atoms with E-state index in [4.69, 9.17) is 14.2 Å². The number of amides is 1. The summed E-state index contributed by atoms with van der Waals surface area (Å²) in [6.07, 6.45) is 5.92. The van der Waals surface area contributed by atoms with Crippen LogP contribution in [0.3, 0.4) is 0 Å². The Morgan fingerprint density at radius 3 is 2.58 bits per heavy atom. The first-order valence-corrected chi connectivity index (χ1v) is 8.67. The second-order valence-corrected chi connectivity index (χ2v) is 6.88. The highest BCUT2D eigenvalue weighted by Crippen LogP contribution is 2.46. The Bertz CT molecular complexity index is 603. The zero-order valence-corrected chi connectivity index (χ0v) is 14.8. The molecule has 2 fully saturated rings.